The van der Waals surface area contributed by atoms with E-state index in [1.807, 2.05) is 48.5 Å². The molecule has 0 aliphatic carbocycles. The van der Waals surface area contributed by atoms with Gasteiger partial charge in [0.05, 0.1) is 24.8 Å². The highest BCUT2D eigenvalue weighted by Gasteiger charge is 2.42. The molecule has 1 amide bonds. The van der Waals surface area contributed by atoms with Gasteiger partial charge in [-0.15, -0.1) is 0 Å². The number of rotatable bonds is 7. The van der Waals surface area contributed by atoms with E-state index in [4.69, 9.17) is 9.16 Å². The van der Waals surface area contributed by atoms with Gasteiger partial charge in [-0.25, -0.2) is 9.59 Å². The monoisotopic (exact) mass is 495 g/mol. The number of carboxylic acid groups (broad SMARTS) is 1. The number of hydrogen-bond donors (Lipinski definition) is 1. The Bertz CT molecular complexity index is 1090. The third-order valence-electron chi connectivity index (χ3n) is 7.10. The first-order valence-corrected chi connectivity index (χ1v) is 15.1. The van der Waals surface area contributed by atoms with Gasteiger partial charge in [0, 0.05) is 6.54 Å². The smallest absolute Gasteiger partial charge is 0.407 e. The topological polar surface area (TPSA) is 76.1 Å². The van der Waals surface area contributed by atoms with Crippen LogP contribution in [0.1, 0.15) is 39.7 Å². The molecule has 1 atom stereocenters. The molecule has 1 aliphatic rings. The predicted octanol–water partition coefficient (Wildman–Crippen LogP) is 6.44. The SMILES string of the molecule is CCOC(=O)C1=C(c2cccc(-c3ccccc3)c2)CCN(C(=O)O)C1CO[Si](C)(C)C(C)(C)C. The van der Waals surface area contributed by atoms with Gasteiger partial charge in [0.1, 0.15) is 0 Å². The van der Waals surface area contributed by atoms with Gasteiger partial charge in [-0.2, -0.15) is 0 Å². The fraction of sp³-hybridized carbons (Fsp3) is 0.429. The maximum atomic E-state index is 13.3. The molecule has 2 aromatic rings. The van der Waals surface area contributed by atoms with Gasteiger partial charge in [0.25, 0.3) is 0 Å². The molecule has 0 fully saturated rings. The van der Waals surface area contributed by atoms with Gasteiger partial charge in [0.15, 0.2) is 8.32 Å². The minimum absolute atomic E-state index is 0.0453. The van der Waals surface area contributed by atoms with Crippen LogP contribution in [-0.2, 0) is 14.0 Å². The molecular formula is C28H37NO5Si. The molecule has 188 valence electrons. The summed E-state index contributed by atoms with van der Waals surface area (Å²) in [6, 6.07) is 17.4. The third-order valence-corrected chi connectivity index (χ3v) is 11.6. The average molecular weight is 496 g/mol. The normalized spacial score (nSPS) is 16.9. The number of ether oxygens (including phenoxy) is 1. The molecule has 0 spiro atoms. The molecule has 0 bridgehead atoms. The zero-order valence-corrected chi connectivity index (χ0v) is 22.6. The summed E-state index contributed by atoms with van der Waals surface area (Å²) in [5, 5.41) is 9.94. The summed E-state index contributed by atoms with van der Waals surface area (Å²) in [4.78, 5) is 26.8. The lowest BCUT2D eigenvalue weighted by molar-refractivity contribution is -0.139. The van der Waals surface area contributed by atoms with Crippen LogP contribution in [0, 0.1) is 0 Å². The van der Waals surface area contributed by atoms with Gasteiger partial charge in [0.2, 0.25) is 0 Å². The summed E-state index contributed by atoms with van der Waals surface area (Å²) in [6.45, 7) is 13.0. The number of carbonyl (C=O) groups excluding carboxylic acids is 1. The number of carbonyl (C=O) groups is 2. The molecule has 2 aromatic carbocycles. The Kier molecular flexibility index (Phi) is 8.23. The molecule has 0 radical (unpaired) electrons. The van der Waals surface area contributed by atoms with Crippen molar-refractivity contribution in [3.8, 4) is 11.1 Å². The maximum absolute atomic E-state index is 13.3. The first-order valence-electron chi connectivity index (χ1n) is 12.2. The standard InChI is InChI=1S/C28H37NO5Si/c1-7-33-26(30)25-23(22-15-11-14-21(18-22)20-12-9-8-10-13-20)16-17-29(27(31)32)24(25)19-34-35(5,6)28(2,3)4/h8-15,18,24H,7,16-17,19H2,1-6H3,(H,31,32). The van der Waals surface area contributed by atoms with Crippen molar-refractivity contribution in [2.24, 2.45) is 0 Å². The number of esters is 1. The van der Waals surface area contributed by atoms with Crippen LogP contribution in [-0.4, -0.2) is 56.2 Å². The highest BCUT2D eigenvalue weighted by atomic mass is 28.4. The van der Waals surface area contributed by atoms with E-state index in [9.17, 15) is 14.7 Å². The Morgan fingerprint density at radius 3 is 2.26 bits per heavy atom. The van der Waals surface area contributed by atoms with E-state index in [0.29, 0.717) is 12.0 Å². The fourth-order valence-electron chi connectivity index (χ4n) is 4.07. The Hall–Kier alpha value is -2.90. The number of nitrogens with zero attached hydrogens (tertiary/aromatic N) is 1. The quantitative estimate of drug-likeness (QED) is 0.353. The zero-order chi connectivity index (χ0) is 25.8. The summed E-state index contributed by atoms with van der Waals surface area (Å²) in [5.74, 6) is -0.484. The summed E-state index contributed by atoms with van der Waals surface area (Å²) < 4.78 is 11.9. The minimum atomic E-state index is -2.18. The van der Waals surface area contributed by atoms with Crippen LogP contribution < -0.4 is 0 Å². The molecule has 1 N–H and O–H groups in total. The predicted molar refractivity (Wildman–Crippen MR) is 142 cm³/mol. The van der Waals surface area contributed by atoms with Crippen LogP contribution in [0.4, 0.5) is 4.79 Å². The molecular weight excluding hydrogens is 458 g/mol. The van der Waals surface area contributed by atoms with Crippen LogP contribution >= 0.6 is 0 Å². The van der Waals surface area contributed by atoms with Crippen molar-refractivity contribution < 1.29 is 23.9 Å². The van der Waals surface area contributed by atoms with Gasteiger partial charge in [-0.05, 0) is 59.8 Å². The lowest BCUT2D eigenvalue weighted by Gasteiger charge is -2.41. The van der Waals surface area contributed by atoms with Gasteiger partial charge in [-0.3, -0.25) is 4.90 Å². The third kappa shape index (κ3) is 6.03. The molecule has 6 nitrogen and oxygen atoms in total. The fourth-order valence-corrected chi connectivity index (χ4v) is 5.08. The molecule has 7 heteroatoms. The van der Waals surface area contributed by atoms with Gasteiger partial charge >= 0.3 is 12.1 Å². The first kappa shape index (κ1) is 26.7. The number of benzene rings is 2. The second-order valence-corrected chi connectivity index (χ2v) is 15.2. The summed E-state index contributed by atoms with van der Waals surface area (Å²) in [5.41, 5.74) is 4.21. The second-order valence-electron chi connectivity index (χ2n) is 10.4. The van der Waals surface area contributed by atoms with E-state index in [-0.39, 0.29) is 24.8 Å². The molecule has 35 heavy (non-hydrogen) atoms. The lowest BCUT2D eigenvalue weighted by Crippen LogP contribution is -2.51. The second kappa shape index (κ2) is 10.8. The Morgan fingerprint density at radius 2 is 1.66 bits per heavy atom. The highest BCUT2D eigenvalue weighted by molar-refractivity contribution is 6.74. The Labute approximate surface area is 209 Å². The van der Waals surface area contributed by atoms with E-state index in [2.05, 4.69) is 39.9 Å². The van der Waals surface area contributed by atoms with Crippen LogP contribution in [0.3, 0.4) is 0 Å². The van der Waals surface area contributed by atoms with Crippen LogP contribution in [0.25, 0.3) is 16.7 Å². The van der Waals surface area contributed by atoms with Crippen LogP contribution in [0.2, 0.25) is 18.1 Å². The largest absolute Gasteiger partial charge is 0.465 e. The Morgan fingerprint density at radius 1 is 1.03 bits per heavy atom. The van der Waals surface area contributed by atoms with Crippen molar-refractivity contribution in [1.82, 2.24) is 4.90 Å². The molecule has 1 unspecified atom stereocenters. The molecule has 0 aromatic heterocycles. The first-order chi connectivity index (χ1) is 16.5. The van der Waals surface area contributed by atoms with Crippen molar-refractivity contribution in [3.63, 3.8) is 0 Å². The molecule has 3 rings (SSSR count). The minimum Gasteiger partial charge on any atom is -0.465 e. The van der Waals surface area contributed by atoms with Crippen molar-refractivity contribution in [2.75, 3.05) is 19.8 Å². The van der Waals surface area contributed by atoms with E-state index in [1.54, 1.807) is 6.92 Å². The average Bonchev–Trinajstić information content (AvgIpc) is 2.82. The van der Waals surface area contributed by atoms with Crippen LogP contribution in [0.15, 0.2) is 60.2 Å². The molecule has 1 heterocycles. The highest BCUT2D eigenvalue weighted by Crippen LogP contribution is 2.39. The number of amides is 1. The van der Waals surface area contributed by atoms with Gasteiger partial charge < -0.3 is 14.3 Å². The summed E-state index contributed by atoms with van der Waals surface area (Å²) in [7, 11) is -2.18. The summed E-state index contributed by atoms with van der Waals surface area (Å²) in [6.07, 6.45) is -0.636. The van der Waals surface area contributed by atoms with Crippen molar-refractivity contribution in [1.29, 1.82) is 0 Å². The zero-order valence-electron chi connectivity index (χ0n) is 21.6. The van der Waals surface area contributed by atoms with E-state index >= 15 is 0 Å². The van der Waals surface area contributed by atoms with Gasteiger partial charge in [-0.1, -0.05) is 69.3 Å². The lowest BCUT2D eigenvalue weighted by atomic mass is 9.87. The maximum Gasteiger partial charge on any atom is 0.407 e. The molecule has 1 aliphatic heterocycles. The summed E-state index contributed by atoms with van der Waals surface area (Å²) >= 11 is 0. The Balaban J connectivity index is 2.11. The van der Waals surface area contributed by atoms with Crippen LogP contribution in [0.5, 0.6) is 0 Å². The van der Waals surface area contributed by atoms with Crippen molar-refractivity contribution in [3.05, 3.63) is 65.7 Å². The van der Waals surface area contributed by atoms with E-state index < -0.39 is 26.4 Å². The van der Waals surface area contributed by atoms with E-state index in [1.165, 1.54) is 4.90 Å². The van der Waals surface area contributed by atoms with Crippen molar-refractivity contribution >= 4 is 26.0 Å². The molecule has 0 saturated heterocycles. The number of hydrogen-bond acceptors (Lipinski definition) is 4. The molecule has 0 saturated carbocycles. The van der Waals surface area contributed by atoms with Crippen molar-refractivity contribution in [2.45, 2.75) is 58.3 Å². The van der Waals surface area contributed by atoms with E-state index in [0.717, 1.165) is 22.3 Å².